The van der Waals surface area contributed by atoms with E-state index in [4.69, 9.17) is 0 Å². The number of aromatic nitrogens is 3. The summed E-state index contributed by atoms with van der Waals surface area (Å²) in [5.41, 5.74) is 3.75. The highest BCUT2D eigenvalue weighted by Crippen LogP contribution is 2.15. The number of rotatable bonds is 7. The van der Waals surface area contributed by atoms with Gasteiger partial charge in [0.2, 0.25) is 0 Å². The van der Waals surface area contributed by atoms with Crippen LogP contribution in [0, 0.1) is 0 Å². The van der Waals surface area contributed by atoms with Crippen molar-refractivity contribution in [1.29, 1.82) is 0 Å². The van der Waals surface area contributed by atoms with E-state index in [1.54, 1.807) is 7.05 Å². The molecular weight excluding hydrogens is 288 g/mol. The predicted molar refractivity (Wildman–Crippen MR) is 94.6 cm³/mol. The Morgan fingerprint density at radius 2 is 1.91 bits per heavy atom. The molecular formula is C17H28N6. The van der Waals surface area contributed by atoms with E-state index in [0.29, 0.717) is 0 Å². The Morgan fingerprint density at radius 3 is 2.52 bits per heavy atom. The van der Waals surface area contributed by atoms with E-state index in [2.05, 4.69) is 51.5 Å². The van der Waals surface area contributed by atoms with Crippen molar-refractivity contribution in [2.24, 2.45) is 12.0 Å². The van der Waals surface area contributed by atoms with Crippen LogP contribution in [0.15, 0.2) is 29.5 Å². The lowest BCUT2D eigenvalue weighted by molar-refractivity contribution is 0.664. The maximum atomic E-state index is 4.61. The van der Waals surface area contributed by atoms with Crippen LogP contribution in [0.3, 0.4) is 0 Å². The first-order valence-electron chi connectivity index (χ1n) is 8.28. The van der Waals surface area contributed by atoms with Crippen molar-refractivity contribution in [3.8, 4) is 0 Å². The van der Waals surface area contributed by atoms with Crippen LogP contribution in [-0.2, 0) is 33.0 Å². The summed E-state index contributed by atoms with van der Waals surface area (Å²) in [7, 11) is 3.82. The molecule has 6 nitrogen and oxygen atoms in total. The zero-order valence-electron chi connectivity index (χ0n) is 14.6. The Balaban J connectivity index is 1.90. The molecule has 0 aliphatic rings. The van der Waals surface area contributed by atoms with Crippen LogP contribution >= 0.6 is 0 Å². The van der Waals surface area contributed by atoms with Gasteiger partial charge in [-0.3, -0.25) is 9.67 Å². The number of aliphatic imine (C=N–C) groups is 1. The van der Waals surface area contributed by atoms with Crippen molar-refractivity contribution < 1.29 is 0 Å². The summed E-state index contributed by atoms with van der Waals surface area (Å²) in [5, 5.41) is 11.4. The third kappa shape index (κ3) is 4.37. The van der Waals surface area contributed by atoms with Gasteiger partial charge in [0.1, 0.15) is 0 Å². The Morgan fingerprint density at radius 1 is 1.17 bits per heavy atom. The van der Waals surface area contributed by atoms with Crippen molar-refractivity contribution in [2.75, 3.05) is 13.6 Å². The van der Waals surface area contributed by atoms with Gasteiger partial charge in [0.25, 0.3) is 0 Å². The van der Waals surface area contributed by atoms with Gasteiger partial charge < -0.3 is 15.2 Å². The zero-order valence-corrected chi connectivity index (χ0v) is 14.6. The number of hydrogen-bond acceptors (Lipinski definition) is 2. The predicted octanol–water partition coefficient (Wildman–Crippen LogP) is 1.71. The summed E-state index contributed by atoms with van der Waals surface area (Å²) >= 11 is 0. The minimum absolute atomic E-state index is 0.753. The molecule has 2 aromatic heterocycles. The van der Waals surface area contributed by atoms with Gasteiger partial charge in [-0.25, -0.2) is 0 Å². The Labute approximate surface area is 138 Å². The van der Waals surface area contributed by atoms with E-state index < -0.39 is 0 Å². The molecule has 0 unspecified atom stereocenters. The quantitative estimate of drug-likeness (QED) is 0.604. The molecule has 0 radical (unpaired) electrons. The molecule has 2 rings (SSSR count). The van der Waals surface area contributed by atoms with E-state index in [0.717, 1.165) is 38.4 Å². The summed E-state index contributed by atoms with van der Waals surface area (Å²) in [6.45, 7) is 6.83. The van der Waals surface area contributed by atoms with Crippen LogP contribution in [-0.4, -0.2) is 33.9 Å². The van der Waals surface area contributed by atoms with E-state index in [9.17, 15) is 0 Å². The Bertz CT molecular complexity index is 624. The summed E-state index contributed by atoms with van der Waals surface area (Å²) in [4.78, 5) is 4.30. The van der Waals surface area contributed by atoms with Gasteiger partial charge in [-0.1, -0.05) is 13.8 Å². The standard InChI is InChI=1S/C17H28N6/c1-5-15-14(16(6-2)22(4)21-15)13-20-17(18-3)19-9-12-23-10-7-8-11-23/h7-8,10-11H,5-6,9,12-13H2,1-4H3,(H2,18,19,20). The summed E-state index contributed by atoms with van der Waals surface area (Å²) < 4.78 is 4.14. The smallest absolute Gasteiger partial charge is 0.191 e. The highest BCUT2D eigenvalue weighted by Gasteiger charge is 2.13. The van der Waals surface area contributed by atoms with Gasteiger partial charge in [0, 0.05) is 57.4 Å². The SMILES string of the molecule is CCc1nn(C)c(CC)c1CNC(=NC)NCCn1cccc1. The molecule has 126 valence electrons. The third-order valence-electron chi connectivity index (χ3n) is 4.01. The molecule has 0 aromatic carbocycles. The molecule has 0 saturated heterocycles. The fourth-order valence-electron chi connectivity index (χ4n) is 2.81. The highest BCUT2D eigenvalue weighted by atomic mass is 15.3. The Hall–Kier alpha value is -2.24. The minimum atomic E-state index is 0.753. The maximum absolute atomic E-state index is 4.61. The summed E-state index contributed by atoms with van der Waals surface area (Å²) in [6.07, 6.45) is 6.06. The molecule has 0 saturated carbocycles. The third-order valence-corrected chi connectivity index (χ3v) is 4.01. The molecule has 0 bridgehead atoms. The van der Waals surface area contributed by atoms with E-state index in [1.165, 1.54) is 17.0 Å². The van der Waals surface area contributed by atoms with Crippen molar-refractivity contribution in [1.82, 2.24) is 25.0 Å². The van der Waals surface area contributed by atoms with E-state index in [-0.39, 0.29) is 0 Å². The lowest BCUT2D eigenvalue weighted by Crippen LogP contribution is -2.38. The summed E-state index contributed by atoms with van der Waals surface area (Å²) in [6, 6.07) is 4.07. The van der Waals surface area contributed by atoms with Crippen LogP contribution in [0.25, 0.3) is 0 Å². The second-order valence-electron chi connectivity index (χ2n) is 5.48. The lowest BCUT2D eigenvalue weighted by atomic mass is 10.1. The fourth-order valence-corrected chi connectivity index (χ4v) is 2.81. The fraction of sp³-hybridized carbons (Fsp3) is 0.529. The molecule has 0 atom stereocenters. The summed E-state index contributed by atoms with van der Waals surface area (Å²) in [5.74, 6) is 0.824. The number of hydrogen-bond donors (Lipinski definition) is 2. The first kappa shape index (κ1) is 17.1. The van der Waals surface area contributed by atoms with Crippen molar-refractivity contribution in [3.05, 3.63) is 41.5 Å². The molecule has 0 spiro atoms. The van der Waals surface area contributed by atoms with Crippen molar-refractivity contribution >= 4 is 5.96 Å². The second-order valence-corrected chi connectivity index (χ2v) is 5.48. The van der Waals surface area contributed by atoms with Crippen LogP contribution in [0.5, 0.6) is 0 Å². The number of nitrogens with zero attached hydrogens (tertiary/aromatic N) is 4. The van der Waals surface area contributed by atoms with Gasteiger partial charge in [-0.15, -0.1) is 0 Å². The van der Waals surface area contributed by atoms with E-state index in [1.807, 2.05) is 23.9 Å². The lowest BCUT2D eigenvalue weighted by Gasteiger charge is -2.13. The van der Waals surface area contributed by atoms with Crippen LogP contribution in [0.1, 0.15) is 30.8 Å². The molecule has 0 fully saturated rings. The van der Waals surface area contributed by atoms with Crippen LogP contribution in [0.4, 0.5) is 0 Å². The molecule has 0 amide bonds. The number of aryl methyl sites for hydroxylation is 2. The molecule has 2 N–H and O–H groups in total. The van der Waals surface area contributed by atoms with Crippen LogP contribution < -0.4 is 10.6 Å². The van der Waals surface area contributed by atoms with Crippen molar-refractivity contribution in [2.45, 2.75) is 39.8 Å². The number of nitrogens with one attached hydrogen (secondary N) is 2. The topological polar surface area (TPSA) is 59.2 Å². The monoisotopic (exact) mass is 316 g/mol. The van der Waals surface area contributed by atoms with Gasteiger partial charge in [0.05, 0.1) is 5.69 Å². The van der Waals surface area contributed by atoms with E-state index >= 15 is 0 Å². The molecule has 6 heteroatoms. The Kier molecular flexibility index (Phi) is 6.26. The molecule has 0 aliphatic carbocycles. The minimum Gasteiger partial charge on any atom is -0.355 e. The first-order chi connectivity index (χ1) is 11.2. The second kappa shape index (κ2) is 8.41. The highest BCUT2D eigenvalue weighted by molar-refractivity contribution is 5.79. The zero-order chi connectivity index (χ0) is 16.7. The normalized spacial score (nSPS) is 11.7. The van der Waals surface area contributed by atoms with Gasteiger partial charge in [-0.05, 0) is 25.0 Å². The largest absolute Gasteiger partial charge is 0.355 e. The van der Waals surface area contributed by atoms with Gasteiger partial charge in [0.15, 0.2) is 5.96 Å². The van der Waals surface area contributed by atoms with Gasteiger partial charge >= 0.3 is 0 Å². The molecule has 0 aliphatic heterocycles. The first-order valence-corrected chi connectivity index (χ1v) is 8.28. The number of guanidine groups is 1. The van der Waals surface area contributed by atoms with Gasteiger partial charge in [-0.2, -0.15) is 5.10 Å². The maximum Gasteiger partial charge on any atom is 0.191 e. The molecule has 2 aromatic rings. The molecule has 2 heterocycles. The average molecular weight is 316 g/mol. The van der Waals surface area contributed by atoms with Crippen LogP contribution in [0.2, 0.25) is 0 Å². The van der Waals surface area contributed by atoms with Crippen molar-refractivity contribution in [3.63, 3.8) is 0 Å². The molecule has 23 heavy (non-hydrogen) atoms. The average Bonchev–Trinajstić information content (AvgIpc) is 3.17.